The van der Waals surface area contributed by atoms with Crippen LogP contribution in [0.4, 0.5) is 0 Å². The summed E-state index contributed by atoms with van der Waals surface area (Å²) in [5.41, 5.74) is 0.570. The van der Waals surface area contributed by atoms with Crippen molar-refractivity contribution in [2.45, 2.75) is 6.92 Å². The second kappa shape index (κ2) is 4.41. The van der Waals surface area contributed by atoms with Crippen molar-refractivity contribution in [3.05, 3.63) is 36.2 Å². The van der Waals surface area contributed by atoms with Crippen LogP contribution in [-0.2, 0) is 4.74 Å². The molecule has 1 rings (SSSR count). The average molecular weight is 193 g/mol. The van der Waals surface area contributed by atoms with E-state index in [0.29, 0.717) is 17.9 Å². The number of carbonyl (C=O) groups is 1. The van der Waals surface area contributed by atoms with Crippen molar-refractivity contribution in [1.29, 1.82) is 0 Å². The number of nitrogens with zero attached hydrogens (tertiary/aromatic N) is 1. The van der Waals surface area contributed by atoms with E-state index in [1.165, 1.54) is 18.5 Å². The monoisotopic (exact) mass is 193 g/mol. The SMILES string of the molecule is C=C(OCC)c1cnccc1C(=O)O. The molecular formula is C10H11NO3. The van der Waals surface area contributed by atoms with Crippen molar-refractivity contribution in [2.75, 3.05) is 6.61 Å². The quantitative estimate of drug-likeness (QED) is 0.740. The predicted octanol–water partition coefficient (Wildman–Crippen LogP) is 1.79. The molecular weight excluding hydrogens is 182 g/mol. The van der Waals surface area contributed by atoms with Gasteiger partial charge in [0.25, 0.3) is 0 Å². The fraction of sp³-hybridized carbons (Fsp3) is 0.200. The van der Waals surface area contributed by atoms with Crippen molar-refractivity contribution in [3.63, 3.8) is 0 Å². The Morgan fingerprint density at radius 1 is 1.64 bits per heavy atom. The lowest BCUT2D eigenvalue weighted by Crippen LogP contribution is -2.03. The minimum atomic E-state index is -1.01. The van der Waals surface area contributed by atoms with Crippen LogP contribution >= 0.6 is 0 Å². The van der Waals surface area contributed by atoms with E-state index in [1.54, 1.807) is 0 Å². The molecule has 0 spiro atoms. The molecule has 0 bridgehead atoms. The van der Waals surface area contributed by atoms with E-state index in [-0.39, 0.29) is 5.56 Å². The van der Waals surface area contributed by atoms with Crippen molar-refractivity contribution in [2.24, 2.45) is 0 Å². The van der Waals surface area contributed by atoms with Gasteiger partial charge in [0.1, 0.15) is 5.76 Å². The first kappa shape index (κ1) is 10.2. The molecule has 74 valence electrons. The number of aromatic nitrogens is 1. The number of hydrogen-bond acceptors (Lipinski definition) is 3. The fourth-order valence-corrected chi connectivity index (χ4v) is 1.06. The normalized spacial score (nSPS) is 9.50. The molecule has 0 aliphatic carbocycles. The Kier molecular flexibility index (Phi) is 3.23. The third-order valence-corrected chi connectivity index (χ3v) is 1.67. The van der Waals surface area contributed by atoms with Gasteiger partial charge in [0.2, 0.25) is 0 Å². The third kappa shape index (κ3) is 2.10. The van der Waals surface area contributed by atoms with E-state index < -0.39 is 5.97 Å². The third-order valence-electron chi connectivity index (χ3n) is 1.67. The summed E-state index contributed by atoms with van der Waals surface area (Å²) in [5.74, 6) is -0.679. The molecule has 4 nitrogen and oxygen atoms in total. The first-order chi connectivity index (χ1) is 6.66. The van der Waals surface area contributed by atoms with Crippen LogP contribution in [0.25, 0.3) is 5.76 Å². The maximum absolute atomic E-state index is 10.8. The van der Waals surface area contributed by atoms with Crippen molar-refractivity contribution < 1.29 is 14.6 Å². The first-order valence-electron chi connectivity index (χ1n) is 4.16. The summed E-state index contributed by atoms with van der Waals surface area (Å²) < 4.78 is 5.12. The van der Waals surface area contributed by atoms with Crippen LogP contribution in [0.15, 0.2) is 25.0 Å². The number of rotatable bonds is 4. The predicted molar refractivity (Wildman–Crippen MR) is 51.9 cm³/mol. The van der Waals surface area contributed by atoms with Crippen molar-refractivity contribution in [1.82, 2.24) is 4.98 Å². The largest absolute Gasteiger partial charge is 0.494 e. The standard InChI is InChI=1S/C10H11NO3/c1-3-14-7(2)9-6-11-5-4-8(9)10(12)13/h4-6H,2-3H2,1H3,(H,12,13). The van der Waals surface area contributed by atoms with Gasteiger partial charge >= 0.3 is 5.97 Å². The van der Waals surface area contributed by atoms with Gasteiger partial charge < -0.3 is 9.84 Å². The van der Waals surface area contributed by atoms with Gasteiger partial charge in [-0.05, 0) is 13.0 Å². The lowest BCUT2D eigenvalue weighted by molar-refractivity contribution is 0.0695. The molecule has 1 N–H and O–H groups in total. The zero-order valence-electron chi connectivity index (χ0n) is 7.86. The van der Waals surface area contributed by atoms with Crippen LogP contribution in [0.2, 0.25) is 0 Å². The Morgan fingerprint density at radius 2 is 2.36 bits per heavy atom. The van der Waals surface area contributed by atoms with Crippen LogP contribution in [0, 0.1) is 0 Å². The van der Waals surface area contributed by atoms with Crippen LogP contribution in [-0.4, -0.2) is 22.7 Å². The molecule has 14 heavy (non-hydrogen) atoms. The maximum Gasteiger partial charge on any atom is 0.336 e. The van der Waals surface area contributed by atoms with E-state index in [9.17, 15) is 4.79 Å². The lowest BCUT2D eigenvalue weighted by atomic mass is 10.1. The van der Waals surface area contributed by atoms with E-state index >= 15 is 0 Å². The van der Waals surface area contributed by atoms with Gasteiger partial charge in [-0.3, -0.25) is 4.98 Å². The molecule has 4 heteroatoms. The van der Waals surface area contributed by atoms with Gasteiger partial charge in [0, 0.05) is 18.0 Å². The molecule has 0 atom stereocenters. The van der Waals surface area contributed by atoms with Gasteiger partial charge in [0.15, 0.2) is 0 Å². The van der Waals surface area contributed by atoms with Gasteiger partial charge in [-0.15, -0.1) is 0 Å². The van der Waals surface area contributed by atoms with Crippen LogP contribution in [0.5, 0.6) is 0 Å². The Bertz CT molecular complexity index is 360. The number of ether oxygens (including phenoxy) is 1. The van der Waals surface area contributed by atoms with E-state index in [2.05, 4.69) is 11.6 Å². The minimum Gasteiger partial charge on any atom is -0.494 e. The van der Waals surface area contributed by atoms with E-state index in [0.717, 1.165) is 0 Å². The van der Waals surface area contributed by atoms with Crippen LogP contribution in [0.3, 0.4) is 0 Å². The molecule has 0 saturated heterocycles. The Labute approximate surface area is 81.9 Å². The first-order valence-corrected chi connectivity index (χ1v) is 4.16. The molecule has 0 unspecified atom stereocenters. The van der Waals surface area contributed by atoms with Crippen molar-refractivity contribution >= 4 is 11.7 Å². The number of carboxylic acids is 1. The van der Waals surface area contributed by atoms with Gasteiger partial charge in [-0.25, -0.2) is 4.79 Å². The second-order valence-corrected chi connectivity index (χ2v) is 2.58. The average Bonchev–Trinajstić information content (AvgIpc) is 2.18. The Hall–Kier alpha value is -1.84. The summed E-state index contributed by atoms with van der Waals surface area (Å²) in [6, 6.07) is 1.42. The van der Waals surface area contributed by atoms with E-state index in [1.807, 2.05) is 6.92 Å². The van der Waals surface area contributed by atoms with Gasteiger partial charge in [-0.1, -0.05) is 6.58 Å². The minimum absolute atomic E-state index is 0.151. The molecule has 0 aliphatic rings. The molecule has 0 aliphatic heterocycles. The van der Waals surface area contributed by atoms with Crippen LogP contribution < -0.4 is 0 Å². The summed E-state index contributed by atoms with van der Waals surface area (Å²) in [4.78, 5) is 14.6. The Morgan fingerprint density at radius 3 is 2.93 bits per heavy atom. The summed E-state index contributed by atoms with van der Waals surface area (Å²) in [7, 11) is 0. The number of aromatic carboxylic acids is 1. The number of carboxylic acid groups (broad SMARTS) is 1. The highest BCUT2D eigenvalue weighted by Gasteiger charge is 2.12. The summed E-state index contributed by atoms with van der Waals surface area (Å²) >= 11 is 0. The molecule has 1 heterocycles. The highest BCUT2D eigenvalue weighted by atomic mass is 16.5. The highest BCUT2D eigenvalue weighted by molar-refractivity contribution is 5.92. The number of hydrogen-bond donors (Lipinski definition) is 1. The lowest BCUT2D eigenvalue weighted by Gasteiger charge is -2.08. The molecule has 0 aromatic carbocycles. The maximum atomic E-state index is 10.8. The second-order valence-electron chi connectivity index (χ2n) is 2.58. The van der Waals surface area contributed by atoms with Gasteiger partial charge in [-0.2, -0.15) is 0 Å². The molecule has 0 fully saturated rings. The topological polar surface area (TPSA) is 59.4 Å². The van der Waals surface area contributed by atoms with E-state index in [4.69, 9.17) is 9.84 Å². The number of pyridine rings is 1. The molecule has 0 amide bonds. The van der Waals surface area contributed by atoms with Crippen molar-refractivity contribution in [3.8, 4) is 0 Å². The van der Waals surface area contributed by atoms with Gasteiger partial charge in [0.05, 0.1) is 12.2 Å². The molecule has 1 aromatic rings. The summed E-state index contributed by atoms with van der Waals surface area (Å²) in [6.45, 7) is 5.89. The molecule has 1 aromatic heterocycles. The zero-order chi connectivity index (χ0) is 10.6. The summed E-state index contributed by atoms with van der Waals surface area (Å²) in [6.07, 6.45) is 2.85. The highest BCUT2D eigenvalue weighted by Crippen LogP contribution is 2.17. The summed E-state index contributed by atoms with van der Waals surface area (Å²) in [5, 5.41) is 8.86. The smallest absolute Gasteiger partial charge is 0.336 e. The molecule has 0 radical (unpaired) electrons. The zero-order valence-corrected chi connectivity index (χ0v) is 7.86. The fourth-order valence-electron chi connectivity index (χ4n) is 1.06. The molecule has 0 saturated carbocycles. The Balaban J connectivity index is 3.07. The van der Waals surface area contributed by atoms with Crippen LogP contribution in [0.1, 0.15) is 22.8 Å².